The van der Waals surface area contributed by atoms with Crippen molar-refractivity contribution in [3.05, 3.63) is 23.8 Å². The van der Waals surface area contributed by atoms with Gasteiger partial charge >= 0.3 is 0 Å². The summed E-state index contributed by atoms with van der Waals surface area (Å²) in [5.74, 6) is 5.45. The van der Waals surface area contributed by atoms with Gasteiger partial charge in [0.25, 0.3) is 0 Å². The molecule has 0 heterocycles. The monoisotopic (exact) mass is 311 g/mol. The number of ether oxygens (including phenoxy) is 1. The summed E-state index contributed by atoms with van der Waals surface area (Å²) < 4.78 is 32.3. The second-order valence-electron chi connectivity index (χ2n) is 4.43. The van der Waals surface area contributed by atoms with Crippen molar-refractivity contribution >= 4 is 10.0 Å². The van der Waals surface area contributed by atoms with Crippen molar-refractivity contribution in [2.45, 2.75) is 31.1 Å². The minimum absolute atomic E-state index is 0.0613. The van der Waals surface area contributed by atoms with E-state index in [9.17, 15) is 8.42 Å². The van der Waals surface area contributed by atoms with E-state index in [1.807, 2.05) is 0 Å². The lowest BCUT2D eigenvalue weighted by atomic mass is 10.2. The molecule has 5 nitrogen and oxygen atoms in total. The van der Waals surface area contributed by atoms with Gasteiger partial charge in [0.05, 0.1) is 7.11 Å². The minimum atomic E-state index is -3.64. The predicted octanol–water partition coefficient (Wildman–Crippen LogP) is 1.51. The predicted molar refractivity (Wildman–Crippen MR) is 81.7 cm³/mol. The van der Waals surface area contributed by atoms with Gasteiger partial charge in [0.1, 0.15) is 17.3 Å². The van der Waals surface area contributed by atoms with E-state index < -0.39 is 10.0 Å². The molecule has 0 saturated heterocycles. The van der Waals surface area contributed by atoms with Crippen LogP contribution in [0.1, 0.15) is 31.7 Å². The third kappa shape index (κ3) is 5.38. The van der Waals surface area contributed by atoms with Crippen LogP contribution in [0.5, 0.6) is 5.75 Å². The summed E-state index contributed by atoms with van der Waals surface area (Å²) in [5, 5.41) is 8.70. The first kappa shape index (κ1) is 17.5. The van der Waals surface area contributed by atoms with Gasteiger partial charge in [0.2, 0.25) is 10.0 Å². The zero-order chi connectivity index (χ0) is 15.7. The van der Waals surface area contributed by atoms with Crippen molar-refractivity contribution in [1.29, 1.82) is 0 Å². The van der Waals surface area contributed by atoms with Gasteiger partial charge < -0.3 is 9.84 Å². The average Bonchev–Trinajstić information content (AvgIpc) is 2.49. The molecule has 1 aromatic carbocycles. The Morgan fingerprint density at radius 1 is 1.33 bits per heavy atom. The van der Waals surface area contributed by atoms with E-state index in [-0.39, 0.29) is 17.3 Å². The number of methoxy groups -OCH3 is 1. The van der Waals surface area contributed by atoms with Crippen LogP contribution in [-0.2, 0) is 10.0 Å². The number of sulfonamides is 1. The highest BCUT2D eigenvalue weighted by Crippen LogP contribution is 2.24. The summed E-state index contributed by atoms with van der Waals surface area (Å²) in [6.07, 6.45) is 2.79. The van der Waals surface area contributed by atoms with E-state index >= 15 is 0 Å². The molecule has 0 fully saturated rings. The Balaban J connectivity index is 3.01. The number of aliphatic hydroxyl groups is 1. The van der Waals surface area contributed by atoms with Crippen LogP contribution in [0.3, 0.4) is 0 Å². The summed E-state index contributed by atoms with van der Waals surface area (Å²) in [6.45, 7) is 2.18. The molecule has 0 aliphatic carbocycles. The third-order valence-electron chi connectivity index (χ3n) is 2.84. The molecule has 0 atom stereocenters. The first-order valence-corrected chi connectivity index (χ1v) is 8.31. The number of aliphatic hydroxyl groups excluding tert-OH is 1. The fraction of sp³-hybridized carbons (Fsp3) is 0.467. The molecule has 1 rings (SSSR count). The molecule has 116 valence electrons. The van der Waals surface area contributed by atoms with Crippen LogP contribution in [0, 0.1) is 11.8 Å². The maximum Gasteiger partial charge on any atom is 0.244 e. The van der Waals surface area contributed by atoms with Gasteiger partial charge in [0.15, 0.2) is 0 Å². The van der Waals surface area contributed by atoms with Crippen LogP contribution in [0.4, 0.5) is 0 Å². The number of unbranched alkanes of at least 4 members (excludes halogenated alkanes) is 2. The van der Waals surface area contributed by atoms with Gasteiger partial charge in [-0.2, -0.15) is 0 Å². The van der Waals surface area contributed by atoms with Crippen molar-refractivity contribution < 1.29 is 18.3 Å². The molecule has 6 heteroatoms. The van der Waals surface area contributed by atoms with Crippen LogP contribution in [0.25, 0.3) is 0 Å². The van der Waals surface area contributed by atoms with Gasteiger partial charge in [-0.15, -0.1) is 0 Å². The van der Waals surface area contributed by atoms with E-state index in [1.54, 1.807) is 12.1 Å². The highest BCUT2D eigenvalue weighted by Gasteiger charge is 2.19. The minimum Gasteiger partial charge on any atom is -0.495 e. The van der Waals surface area contributed by atoms with Gasteiger partial charge in [-0.3, -0.25) is 0 Å². The van der Waals surface area contributed by atoms with Gasteiger partial charge in [0, 0.05) is 12.1 Å². The Kier molecular flexibility index (Phi) is 7.23. The van der Waals surface area contributed by atoms with Crippen molar-refractivity contribution in [3.63, 3.8) is 0 Å². The molecule has 0 unspecified atom stereocenters. The summed E-state index contributed by atoms with van der Waals surface area (Å²) in [4.78, 5) is 0.0613. The molecule has 0 saturated carbocycles. The van der Waals surface area contributed by atoms with Crippen LogP contribution in [0.15, 0.2) is 23.1 Å². The fourth-order valence-corrected chi connectivity index (χ4v) is 3.03. The standard InChI is InChI=1S/C15H21NO4S/c1-3-4-5-10-16-21(18,19)15-12-13(7-6-11-17)8-9-14(15)20-2/h8-9,12,16-17H,3-5,10-11H2,1-2H3. The zero-order valence-corrected chi connectivity index (χ0v) is 13.2. The molecule has 0 amide bonds. The molecule has 0 bridgehead atoms. The lowest BCUT2D eigenvalue weighted by molar-refractivity contribution is 0.350. The summed E-state index contributed by atoms with van der Waals surface area (Å²) >= 11 is 0. The molecule has 0 radical (unpaired) electrons. The molecular weight excluding hydrogens is 290 g/mol. The number of hydrogen-bond donors (Lipinski definition) is 2. The largest absolute Gasteiger partial charge is 0.495 e. The highest BCUT2D eigenvalue weighted by molar-refractivity contribution is 7.89. The SMILES string of the molecule is CCCCCNS(=O)(=O)c1cc(C#CCO)ccc1OC. The fourth-order valence-electron chi connectivity index (χ4n) is 1.77. The van der Waals surface area contributed by atoms with Crippen molar-refractivity contribution in [3.8, 4) is 17.6 Å². The van der Waals surface area contributed by atoms with Crippen LogP contribution in [0.2, 0.25) is 0 Å². The molecular formula is C15H21NO4S. The number of hydrogen-bond acceptors (Lipinski definition) is 4. The molecule has 0 spiro atoms. The van der Waals surface area contributed by atoms with Crippen LogP contribution < -0.4 is 9.46 Å². The molecule has 2 N–H and O–H groups in total. The molecule has 1 aromatic rings. The summed E-state index contributed by atoms with van der Waals surface area (Å²) in [6, 6.07) is 4.66. The Hall–Kier alpha value is -1.55. The van der Waals surface area contributed by atoms with Crippen molar-refractivity contribution in [1.82, 2.24) is 4.72 Å². The molecule has 0 aromatic heterocycles. The second-order valence-corrected chi connectivity index (χ2v) is 6.17. The van der Waals surface area contributed by atoms with Crippen molar-refractivity contribution in [2.24, 2.45) is 0 Å². The maximum atomic E-state index is 12.3. The smallest absolute Gasteiger partial charge is 0.244 e. The van der Waals surface area contributed by atoms with E-state index in [2.05, 4.69) is 23.5 Å². The quantitative estimate of drug-likeness (QED) is 0.591. The Morgan fingerprint density at radius 3 is 2.71 bits per heavy atom. The molecule has 0 aliphatic rings. The van der Waals surface area contributed by atoms with E-state index in [0.717, 1.165) is 19.3 Å². The highest BCUT2D eigenvalue weighted by atomic mass is 32.2. The summed E-state index contributed by atoms with van der Waals surface area (Å²) in [7, 11) is -2.22. The molecule has 0 aliphatic heterocycles. The normalized spacial score (nSPS) is 10.8. The van der Waals surface area contributed by atoms with Gasteiger partial charge in [-0.05, 0) is 24.6 Å². The average molecular weight is 311 g/mol. The summed E-state index contributed by atoms with van der Waals surface area (Å²) in [5.41, 5.74) is 0.513. The van der Waals surface area contributed by atoms with E-state index in [0.29, 0.717) is 12.1 Å². The number of benzene rings is 1. The maximum absolute atomic E-state index is 12.3. The second kappa shape index (κ2) is 8.67. The van der Waals surface area contributed by atoms with E-state index in [1.165, 1.54) is 13.2 Å². The Labute approximate surface area is 126 Å². The first-order chi connectivity index (χ1) is 10.0. The van der Waals surface area contributed by atoms with Crippen molar-refractivity contribution in [2.75, 3.05) is 20.3 Å². The topological polar surface area (TPSA) is 75.6 Å². The Bertz CT molecular complexity index is 614. The van der Waals surface area contributed by atoms with E-state index in [4.69, 9.17) is 9.84 Å². The van der Waals surface area contributed by atoms with Crippen LogP contribution in [-0.4, -0.2) is 33.8 Å². The number of nitrogens with one attached hydrogen (secondary N) is 1. The zero-order valence-electron chi connectivity index (χ0n) is 12.3. The first-order valence-electron chi connectivity index (χ1n) is 6.82. The third-order valence-corrected chi connectivity index (χ3v) is 4.32. The lowest BCUT2D eigenvalue weighted by Gasteiger charge is -2.11. The lowest BCUT2D eigenvalue weighted by Crippen LogP contribution is -2.25. The van der Waals surface area contributed by atoms with Gasteiger partial charge in [-0.25, -0.2) is 13.1 Å². The number of rotatable bonds is 7. The van der Waals surface area contributed by atoms with Crippen LogP contribution >= 0.6 is 0 Å². The van der Waals surface area contributed by atoms with Gasteiger partial charge in [-0.1, -0.05) is 31.6 Å². The Morgan fingerprint density at radius 2 is 2.10 bits per heavy atom. The molecule has 21 heavy (non-hydrogen) atoms.